The van der Waals surface area contributed by atoms with Gasteiger partial charge in [0.05, 0.1) is 5.75 Å². The molecule has 0 spiro atoms. The lowest BCUT2D eigenvalue weighted by molar-refractivity contribution is 0.0922. The average molecular weight is 402 g/mol. The predicted octanol–water partition coefficient (Wildman–Crippen LogP) is 3.12. The number of benzene rings is 2. The van der Waals surface area contributed by atoms with Crippen molar-refractivity contribution in [2.45, 2.75) is 11.8 Å². The smallest absolute Gasteiger partial charge is 0.336 e. The number of thioether (sulfide) groups is 1. The lowest BCUT2D eigenvalue weighted by atomic mass is 10.0. The Morgan fingerprint density at radius 3 is 2.28 bits per heavy atom. The number of hydrogen-bond donors (Lipinski definition) is 0. The quantitative estimate of drug-likeness (QED) is 0.502. The maximum Gasteiger partial charge on any atom is 0.336 e. The molecule has 142 valence electrons. The Morgan fingerprint density at radius 2 is 1.59 bits per heavy atom. The summed E-state index contributed by atoms with van der Waals surface area (Å²) < 4.78 is 6.98. The second-order valence-electron chi connectivity index (χ2n) is 6.22. The normalized spacial score (nSPS) is 12.8. The minimum Gasteiger partial charge on any atom is -0.454 e. The second-order valence-corrected chi connectivity index (χ2v) is 7.16. The molecular formula is C20H14N6O2S. The van der Waals surface area contributed by atoms with Gasteiger partial charge in [-0.15, -0.1) is 10.2 Å². The van der Waals surface area contributed by atoms with Crippen molar-refractivity contribution in [3.63, 3.8) is 0 Å². The van der Waals surface area contributed by atoms with E-state index in [1.165, 1.54) is 16.4 Å². The summed E-state index contributed by atoms with van der Waals surface area (Å²) in [6, 6.07) is 19.6. The van der Waals surface area contributed by atoms with Crippen LogP contribution in [0.15, 0.2) is 65.8 Å². The highest BCUT2D eigenvalue weighted by atomic mass is 32.2. The summed E-state index contributed by atoms with van der Waals surface area (Å²) in [5.41, 5.74) is 3.17. The fourth-order valence-electron chi connectivity index (χ4n) is 2.93. The average Bonchev–Trinajstić information content (AvgIpc) is 3.35. The first-order valence-corrected chi connectivity index (χ1v) is 9.87. The van der Waals surface area contributed by atoms with E-state index in [0.717, 1.165) is 11.1 Å². The van der Waals surface area contributed by atoms with E-state index < -0.39 is 0 Å². The summed E-state index contributed by atoms with van der Waals surface area (Å²) in [5, 5.41) is 13.2. The van der Waals surface area contributed by atoms with E-state index in [0.29, 0.717) is 28.1 Å². The molecule has 5 rings (SSSR count). The van der Waals surface area contributed by atoms with Crippen molar-refractivity contribution in [2.24, 2.45) is 0 Å². The van der Waals surface area contributed by atoms with Crippen LogP contribution in [0, 0.1) is 0 Å². The van der Waals surface area contributed by atoms with Crippen molar-refractivity contribution in [2.75, 3.05) is 5.75 Å². The van der Waals surface area contributed by atoms with E-state index >= 15 is 0 Å². The first kappa shape index (κ1) is 17.5. The minimum absolute atomic E-state index is 0.0500. The molecule has 0 radical (unpaired) electrons. The van der Waals surface area contributed by atoms with Crippen LogP contribution in [-0.2, 0) is 6.61 Å². The summed E-state index contributed by atoms with van der Waals surface area (Å²) in [6.07, 6.45) is 0. The molecule has 1 aliphatic rings. The fraction of sp³-hybridized carbons (Fsp3) is 0.100. The topological polar surface area (TPSA) is 95.7 Å². The Morgan fingerprint density at radius 1 is 0.897 bits per heavy atom. The number of hydrogen-bond acceptors (Lipinski definition) is 8. The van der Waals surface area contributed by atoms with Gasteiger partial charge in [0.2, 0.25) is 0 Å². The number of fused-ring (bicyclic) bond motifs is 1. The molecule has 0 atom stereocenters. The lowest BCUT2D eigenvalue weighted by Crippen LogP contribution is -2.10. The zero-order valence-corrected chi connectivity index (χ0v) is 15.9. The largest absolute Gasteiger partial charge is 0.454 e. The molecule has 29 heavy (non-hydrogen) atoms. The van der Waals surface area contributed by atoms with Crippen LogP contribution in [0.2, 0.25) is 0 Å². The van der Waals surface area contributed by atoms with Crippen LogP contribution in [0.3, 0.4) is 0 Å². The molecule has 0 unspecified atom stereocenters. The standard InChI is InChI=1S/C20H14N6O2S/c27-16-12-29-20-21-15(25-26(16)20)11-28-19-22-17(13-7-3-1-4-8-13)18(23-24-19)14-9-5-2-6-10-14/h1-10H,11-12H2. The van der Waals surface area contributed by atoms with Crippen LogP contribution in [0.4, 0.5) is 0 Å². The van der Waals surface area contributed by atoms with E-state index in [-0.39, 0.29) is 18.5 Å². The van der Waals surface area contributed by atoms with Gasteiger partial charge in [0.1, 0.15) is 11.4 Å². The van der Waals surface area contributed by atoms with Crippen LogP contribution in [0.5, 0.6) is 6.01 Å². The monoisotopic (exact) mass is 402 g/mol. The highest BCUT2D eigenvalue weighted by Crippen LogP contribution is 2.29. The van der Waals surface area contributed by atoms with Crippen LogP contribution < -0.4 is 4.74 Å². The lowest BCUT2D eigenvalue weighted by Gasteiger charge is -2.09. The van der Waals surface area contributed by atoms with Crippen molar-refractivity contribution in [3.05, 3.63) is 66.5 Å². The number of carbonyl (C=O) groups is 1. The molecule has 0 amide bonds. The molecule has 3 heterocycles. The Balaban J connectivity index is 1.45. The van der Waals surface area contributed by atoms with Gasteiger partial charge in [-0.25, -0.2) is 4.98 Å². The molecule has 0 saturated carbocycles. The van der Waals surface area contributed by atoms with E-state index in [4.69, 9.17) is 4.74 Å². The second kappa shape index (κ2) is 7.44. The first-order chi connectivity index (χ1) is 14.3. The maximum absolute atomic E-state index is 11.7. The molecule has 4 aromatic rings. The van der Waals surface area contributed by atoms with Gasteiger partial charge in [0, 0.05) is 11.1 Å². The third kappa shape index (κ3) is 3.47. The maximum atomic E-state index is 11.7. The molecule has 0 N–H and O–H groups in total. The van der Waals surface area contributed by atoms with Crippen LogP contribution in [0.1, 0.15) is 10.6 Å². The molecule has 2 aromatic heterocycles. The number of ether oxygens (including phenoxy) is 1. The molecule has 0 bridgehead atoms. The molecule has 0 fully saturated rings. The summed E-state index contributed by atoms with van der Waals surface area (Å²) >= 11 is 1.36. The van der Waals surface area contributed by atoms with Crippen LogP contribution >= 0.6 is 11.8 Å². The van der Waals surface area contributed by atoms with Gasteiger partial charge < -0.3 is 4.74 Å². The third-order valence-electron chi connectivity index (χ3n) is 4.27. The molecular weight excluding hydrogens is 388 g/mol. The van der Waals surface area contributed by atoms with E-state index in [2.05, 4.69) is 25.3 Å². The minimum atomic E-state index is -0.0831. The molecule has 9 heteroatoms. The van der Waals surface area contributed by atoms with E-state index in [9.17, 15) is 4.79 Å². The first-order valence-electron chi connectivity index (χ1n) is 8.88. The predicted molar refractivity (Wildman–Crippen MR) is 106 cm³/mol. The van der Waals surface area contributed by atoms with Crippen LogP contribution in [-0.4, -0.2) is 41.6 Å². The Bertz CT molecular complexity index is 1180. The zero-order valence-electron chi connectivity index (χ0n) is 15.1. The highest BCUT2D eigenvalue weighted by molar-refractivity contribution is 8.00. The summed E-state index contributed by atoms with van der Waals surface area (Å²) in [7, 11) is 0. The van der Waals surface area contributed by atoms with Crippen molar-refractivity contribution in [1.82, 2.24) is 29.9 Å². The summed E-state index contributed by atoms with van der Waals surface area (Å²) in [5.74, 6) is 0.683. The van der Waals surface area contributed by atoms with Crippen molar-refractivity contribution in [1.29, 1.82) is 0 Å². The van der Waals surface area contributed by atoms with Gasteiger partial charge in [0.25, 0.3) is 5.91 Å². The fourth-order valence-corrected chi connectivity index (χ4v) is 3.74. The van der Waals surface area contributed by atoms with Crippen molar-refractivity contribution in [3.8, 4) is 28.5 Å². The van der Waals surface area contributed by atoms with Gasteiger partial charge in [-0.2, -0.15) is 9.67 Å². The molecule has 8 nitrogen and oxygen atoms in total. The SMILES string of the molecule is O=C1CSc2nc(COc3nnc(-c4ccccc4)c(-c4ccccc4)n3)nn21. The van der Waals surface area contributed by atoms with Gasteiger partial charge in [0.15, 0.2) is 17.6 Å². The van der Waals surface area contributed by atoms with Crippen LogP contribution in [0.25, 0.3) is 22.5 Å². The van der Waals surface area contributed by atoms with E-state index in [1.807, 2.05) is 60.7 Å². The number of aromatic nitrogens is 6. The summed E-state index contributed by atoms with van der Waals surface area (Å²) in [6.45, 7) is 0.0500. The Kier molecular flexibility index (Phi) is 4.49. The molecule has 1 aliphatic heterocycles. The zero-order chi connectivity index (χ0) is 19.6. The van der Waals surface area contributed by atoms with Crippen molar-refractivity contribution < 1.29 is 9.53 Å². The highest BCUT2D eigenvalue weighted by Gasteiger charge is 2.24. The number of carbonyl (C=O) groups excluding carboxylic acids is 1. The van der Waals surface area contributed by atoms with Gasteiger partial charge in [-0.05, 0) is 0 Å². The molecule has 0 aliphatic carbocycles. The number of nitrogens with zero attached hydrogens (tertiary/aromatic N) is 6. The van der Waals surface area contributed by atoms with Gasteiger partial charge >= 0.3 is 6.01 Å². The van der Waals surface area contributed by atoms with Crippen molar-refractivity contribution >= 4 is 17.7 Å². The van der Waals surface area contributed by atoms with Gasteiger partial charge in [-0.1, -0.05) is 77.5 Å². The van der Waals surface area contributed by atoms with E-state index in [1.54, 1.807) is 0 Å². The molecule has 2 aromatic carbocycles. The molecule has 0 saturated heterocycles. The van der Waals surface area contributed by atoms with Gasteiger partial charge in [-0.3, -0.25) is 4.79 Å². The Hall–Kier alpha value is -3.59. The number of rotatable bonds is 5. The Labute approximate surface area is 170 Å². The third-order valence-corrected chi connectivity index (χ3v) is 5.19. The summed E-state index contributed by atoms with van der Waals surface area (Å²) in [4.78, 5) is 20.6.